The first kappa shape index (κ1) is 21.5. The Balaban J connectivity index is 1.71. The van der Waals surface area contributed by atoms with Crippen LogP contribution < -0.4 is 10.2 Å². The Morgan fingerprint density at radius 3 is 2.57 bits per heavy atom. The number of hydrogen-bond acceptors (Lipinski definition) is 4. The van der Waals surface area contributed by atoms with Crippen LogP contribution in [-0.2, 0) is 11.2 Å². The second kappa shape index (κ2) is 8.68. The van der Waals surface area contributed by atoms with Gasteiger partial charge in [0.2, 0.25) is 0 Å². The minimum absolute atomic E-state index is 0.224. The number of nitrogens with one attached hydrogen (secondary N) is 1. The van der Waals surface area contributed by atoms with E-state index >= 15 is 0 Å². The van der Waals surface area contributed by atoms with Gasteiger partial charge in [-0.15, -0.1) is 0 Å². The molecule has 0 bridgehead atoms. The summed E-state index contributed by atoms with van der Waals surface area (Å²) in [5.74, 6) is -0.853. The van der Waals surface area contributed by atoms with Crippen molar-refractivity contribution in [3.8, 4) is 0 Å². The third-order valence-electron chi connectivity index (χ3n) is 4.54. The molecule has 0 fully saturated rings. The third-order valence-corrected chi connectivity index (χ3v) is 4.54. The van der Waals surface area contributed by atoms with E-state index < -0.39 is 36.6 Å². The van der Waals surface area contributed by atoms with Crippen LogP contribution in [0.5, 0.6) is 0 Å². The number of halogens is 4. The van der Waals surface area contributed by atoms with Crippen LogP contribution in [0.2, 0.25) is 0 Å². The molecule has 160 valence electrons. The van der Waals surface area contributed by atoms with E-state index in [9.17, 15) is 27.2 Å². The molecule has 1 aromatic heterocycles. The smallest absolute Gasteiger partial charge is 0.422 e. The number of nitrogens with zero attached hydrogens (tertiary/aromatic N) is 2. The maximum absolute atomic E-state index is 13.0. The average molecular weight is 425 g/mol. The number of anilines is 1. The van der Waals surface area contributed by atoms with E-state index in [0.29, 0.717) is 35.5 Å². The monoisotopic (exact) mass is 425 g/mol. The van der Waals surface area contributed by atoms with Gasteiger partial charge >= 0.3 is 12.3 Å². The number of carbonyl (C=O) groups excluding carboxylic acids is 2. The van der Waals surface area contributed by atoms with Crippen molar-refractivity contribution in [3.05, 3.63) is 59.2 Å². The molecule has 0 saturated heterocycles. The van der Waals surface area contributed by atoms with Crippen LogP contribution in [0.3, 0.4) is 0 Å². The maximum atomic E-state index is 13.0. The van der Waals surface area contributed by atoms with Crippen molar-refractivity contribution in [3.63, 3.8) is 0 Å². The molecule has 1 N–H and O–H groups in total. The summed E-state index contributed by atoms with van der Waals surface area (Å²) in [5.41, 5.74) is 1.73. The normalized spacial score (nSPS) is 14.6. The fourth-order valence-electron chi connectivity index (χ4n) is 3.07. The molecule has 1 aromatic carbocycles. The number of fused-ring (bicyclic) bond motifs is 1. The number of aryl methyl sites for hydroxylation is 1. The van der Waals surface area contributed by atoms with Crippen LogP contribution in [0.25, 0.3) is 0 Å². The van der Waals surface area contributed by atoms with Crippen molar-refractivity contribution >= 4 is 17.7 Å². The van der Waals surface area contributed by atoms with Crippen LogP contribution in [0.4, 0.5) is 28.0 Å². The second-order valence-corrected chi connectivity index (χ2v) is 6.83. The molecule has 30 heavy (non-hydrogen) atoms. The number of pyridine rings is 1. The number of aromatic nitrogens is 1. The lowest BCUT2D eigenvalue weighted by Crippen LogP contribution is -2.38. The van der Waals surface area contributed by atoms with Crippen molar-refractivity contribution in [2.45, 2.75) is 32.0 Å². The van der Waals surface area contributed by atoms with Crippen molar-refractivity contribution in [1.29, 1.82) is 0 Å². The highest BCUT2D eigenvalue weighted by Gasteiger charge is 2.32. The molecule has 10 heteroatoms. The highest BCUT2D eigenvalue weighted by atomic mass is 19.4. The van der Waals surface area contributed by atoms with Crippen molar-refractivity contribution in [2.24, 2.45) is 0 Å². The Morgan fingerprint density at radius 1 is 1.20 bits per heavy atom. The second-order valence-electron chi connectivity index (χ2n) is 6.83. The lowest BCUT2D eigenvalue weighted by atomic mass is 10.1. The predicted molar refractivity (Wildman–Crippen MR) is 99.6 cm³/mol. The fraction of sp³-hybridized carbons (Fsp3) is 0.350. The van der Waals surface area contributed by atoms with Crippen molar-refractivity contribution in [1.82, 2.24) is 10.3 Å². The summed E-state index contributed by atoms with van der Waals surface area (Å²) < 4.78 is 54.3. The standard InChI is InChI=1S/C20H19F4N3O3/c1-12(25-18(28)13-4-6-14(21)7-5-13)15-8-9-17-16(26-15)3-2-10-27(17)19(29)30-11-20(22,23)24/h4-9,12H,2-3,10-11H2,1H3,(H,25,28)/t12-/m1/s1. The first-order valence-corrected chi connectivity index (χ1v) is 9.21. The molecule has 1 atom stereocenters. The quantitative estimate of drug-likeness (QED) is 0.747. The molecule has 0 radical (unpaired) electrons. The van der Waals surface area contributed by atoms with E-state index in [4.69, 9.17) is 0 Å². The van der Waals surface area contributed by atoms with E-state index in [0.717, 1.165) is 4.90 Å². The predicted octanol–water partition coefficient (Wildman–Crippen LogP) is 4.16. The molecule has 0 unspecified atom stereocenters. The molecular formula is C20H19F4N3O3. The zero-order chi connectivity index (χ0) is 21.9. The molecule has 2 heterocycles. The van der Waals surface area contributed by atoms with Gasteiger partial charge in [-0.3, -0.25) is 14.7 Å². The van der Waals surface area contributed by atoms with E-state index in [-0.39, 0.29) is 6.54 Å². The molecule has 3 rings (SSSR count). The van der Waals surface area contributed by atoms with Gasteiger partial charge in [-0.2, -0.15) is 13.2 Å². The number of benzene rings is 1. The topological polar surface area (TPSA) is 71.5 Å². The zero-order valence-corrected chi connectivity index (χ0v) is 16.0. The van der Waals surface area contributed by atoms with Gasteiger partial charge in [-0.1, -0.05) is 0 Å². The molecular weight excluding hydrogens is 406 g/mol. The van der Waals surface area contributed by atoms with Crippen molar-refractivity contribution < 1.29 is 31.9 Å². The van der Waals surface area contributed by atoms with Gasteiger partial charge in [0.1, 0.15) is 5.82 Å². The largest absolute Gasteiger partial charge is 0.439 e. The van der Waals surface area contributed by atoms with Gasteiger partial charge in [0.05, 0.1) is 23.1 Å². The summed E-state index contributed by atoms with van der Waals surface area (Å²) in [6.45, 7) is 0.283. The molecule has 6 nitrogen and oxygen atoms in total. The van der Waals surface area contributed by atoms with Crippen LogP contribution in [0, 0.1) is 5.82 Å². The van der Waals surface area contributed by atoms with Crippen LogP contribution >= 0.6 is 0 Å². The van der Waals surface area contributed by atoms with Crippen LogP contribution in [0.15, 0.2) is 36.4 Å². The highest BCUT2D eigenvalue weighted by Crippen LogP contribution is 2.28. The third kappa shape index (κ3) is 5.25. The van der Waals surface area contributed by atoms with Crippen molar-refractivity contribution in [2.75, 3.05) is 18.1 Å². The first-order chi connectivity index (χ1) is 14.1. The molecule has 2 aromatic rings. The van der Waals surface area contributed by atoms with Crippen LogP contribution in [0.1, 0.15) is 41.1 Å². The van der Waals surface area contributed by atoms with E-state index in [1.807, 2.05) is 0 Å². The molecule has 0 saturated carbocycles. The average Bonchev–Trinajstić information content (AvgIpc) is 2.71. The van der Waals surface area contributed by atoms with Gasteiger partial charge in [-0.05, 0) is 56.2 Å². The number of hydrogen-bond donors (Lipinski definition) is 1. The molecule has 2 amide bonds. The minimum atomic E-state index is -4.60. The summed E-state index contributed by atoms with van der Waals surface area (Å²) in [4.78, 5) is 29.9. The molecule has 0 aliphatic carbocycles. The Hall–Kier alpha value is -3.17. The molecule has 1 aliphatic rings. The SMILES string of the molecule is C[C@@H](NC(=O)c1ccc(F)cc1)c1ccc2c(n1)CCCN2C(=O)OCC(F)(F)F. The van der Waals surface area contributed by atoms with Gasteiger partial charge in [0.25, 0.3) is 5.91 Å². The Kier molecular flexibility index (Phi) is 6.23. The van der Waals surface area contributed by atoms with E-state index in [1.165, 1.54) is 24.3 Å². The Morgan fingerprint density at radius 2 is 1.90 bits per heavy atom. The number of amides is 2. The lowest BCUT2D eigenvalue weighted by molar-refractivity contribution is -0.159. The zero-order valence-electron chi connectivity index (χ0n) is 16.0. The maximum Gasteiger partial charge on any atom is 0.422 e. The van der Waals surface area contributed by atoms with Gasteiger partial charge in [-0.25, -0.2) is 9.18 Å². The fourth-order valence-corrected chi connectivity index (χ4v) is 3.07. The highest BCUT2D eigenvalue weighted by molar-refractivity contribution is 5.94. The first-order valence-electron chi connectivity index (χ1n) is 9.21. The summed E-state index contributed by atoms with van der Waals surface area (Å²) >= 11 is 0. The summed E-state index contributed by atoms with van der Waals surface area (Å²) in [5, 5.41) is 2.76. The number of rotatable bonds is 4. The van der Waals surface area contributed by atoms with Gasteiger partial charge in [0.15, 0.2) is 6.61 Å². The summed E-state index contributed by atoms with van der Waals surface area (Å²) in [6, 6.07) is 7.77. The van der Waals surface area contributed by atoms with Gasteiger partial charge in [0, 0.05) is 12.1 Å². The van der Waals surface area contributed by atoms with Gasteiger partial charge < -0.3 is 10.1 Å². The lowest BCUT2D eigenvalue weighted by Gasteiger charge is -2.29. The molecule has 1 aliphatic heterocycles. The van der Waals surface area contributed by atoms with E-state index in [2.05, 4.69) is 15.0 Å². The number of alkyl halides is 3. The summed E-state index contributed by atoms with van der Waals surface area (Å²) in [7, 11) is 0. The van der Waals surface area contributed by atoms with Crippen LogP contribution in [-0.4, -0.2) is 36.3 Å². The number of ether oxygens (including phenoxy) is 1. The number of carbonyl (C=O) groups is 2. The Labute approximate surface area is 169 Å². The summed E-state index contributed by atoms with van der Waals surface area (Å²) in [6.07, 6.45) is -4.64. The molecule has 0 spiro atoms. The van der Waals surface area contributed by atoms with E-state index in [1.54, 1.807) is 19.1 Å². The minimum Gasteiger partial charge on any atom is -0.439 e. The Bertz CT molecular complexity index is 932.